The molecule has 0 saturated heterocycles. The van der Waals surface area contributed by atoms with Crippen LogP contribution in [0.4, 0.5) is 13.2 Å². The van der Waals surface area contributed by atoms with Gasteiger partial charge in [0.25, 0.3) is 5.60 Å². The quantitative estimate of drug-likeness (QED) is 0.550. The predicted molar refractivity (Wildman–Crippen MR) is 92.6 cm³/mol. The zero-order valence-corrected chi connectivity index (χ0v) is 15.0. The molecule has 2 atom stereocenters. The first-order valence-corrected chi connectivity index (χ1v) is 8.35. The van der Waals surface area contributed by atoms with Gasteiger partial charge in [-0.2, -0.15) is 13.2 Å². The highest BCUT2D eigenvalue weighted by Gasteiger charge is 2.67. The average Bonchev–Trinajstić information content (AvgIpc) is 2.84. The third-order valence-corrected chi connectivity index (χ3v) is 4.86. The molecule has 0 N–H and O–H groups in total. The fourth-order valence-electron chi connectivity index (χ4n) is 2.74. The maximum absolute atomic E-state index is 14.0. The maximum atomic E-state index is 14.0. The van der Waals surface area contributed by atoms with Crippen molar-refractivity contribution in [2.24, 2.45) is 5.16 Å². The Morgan fingerprint density at radius 1 is 1.08 bits per heavy atom. The van der Waals surface area contributed by atoms with Crippen LogP contribution in [-0.4, -0.2) is 17.3 Å². The van der Waals surface area contributed by atoms with Gasteiger partial charge in [0.15, 0.2) is 0 Å². The van der Waals surface area contributed by atoms with Crippen molar-refractivity contribution in [3.63, 3.8) is 0 Å². The van der Waals surface area contributed by atoms with Crippen molar-refractivity contribution in [1.29, 1.82) is 0 Å². The molecular formula is C17H11Cl3F3NO. The Hall–Kier alpha value is -1.43. The predicted octanol–water partition coefficient (Wildman–Crippen LogP) is 6.10. The highest BCUT2D eigenvalue weighted by atomic mass is 35.5. The number of aryl methyl sites for hydroxylation is 1. The molecule has 0 fully saturated rings. The van der Waals surface area contributed by atoms with Gasteiger partial charge in [-0.1, -0.05) is 58.2 Å². The average molecular weight is 409 g/mol. The van der Waals surface area contributed by atoms with Gasteiger partial charge >= 0.3 is 6.18 Å². The Labute approximate surface area is 157 Å². The Morgan fingerprint density at radius 3 is 2.28 bits per heavy atom. The molecule has 0 radical (unpaired) electrons. The second-order valence-corrected chi connectivity index (χ2v) is 7.00. The van der Waals surface area contributed by atoms with Crippen molar-refractivity contribution in [3.8, 4) is 0 Å². The van der Waals surface area contributed by atoms with E-state index in [1.807, 2.05) is 13.0 Å². The molecule has 0 saturated carbocycles. The van der Waals surface area contributed by atoms with Gasteiger partial charge in [-0.3, -0.25) is 0 Å². The van der Waals surface area contributed by atoms with E-state index in [0.717, 1.165) is 17.7 Å². The summed E-state index contributed by atoms with van der Waals surface area (Å²) in [6, 6.07) is 10.4. The molecule has 132 valence electrons. The van der Waals surface area contributed by atoms with Gasteiger partial charge < -0.3 is 4.84 Å². The third-order valence-electron chi connectivity index (χ3n) is 3.91. The monoisotopic (exact) mass is 407 g/mol. The number of rotatable bonds is 2. The van der Waals surface area contributed by atoms with Gasteiger partial charge in [0, 0.05) is 21.2 Å². The van der Waals surface area contributed by atoms with Crippen molar-refractivity contribution >= 4 is 40.5 Å². The Kier molecular flexibility index (Phi) is 4.69. The minimum atomic E-state index is -4.84. The van der Waals surface area contributed by atoms with Gasteiger partial charge in [-0.25, -0.2) is 0 Å². The molecule has 1 heterocycles. The van der Waals surface area contributed by atoms with E-state index in [4.69, 9.17) is 39.6 Å². The van der Waals surface area contributed by atoms with Crippen LogP contribution in [-0.2, 0) is 10.4 Å². The molecule has 3 rings (SSSR count). The first kappa shape index (κ1) is 18.4. The second-order valence-electron chi connectivity index (χ2n) is 5.69. The smallest absolute Gasteiger partial charge is 0.372 e. The van der Waals surface area contributed by atoms with Crippen molar-refractivity contribution in [2.75, 3.05) is 0 Å². The molecule has 0 aliphatic carbocycles. The lowest BCUT2D eigenvalue weighted by Crippen LogP contribution is -2.50. The normalized spacial score (nSPS) is 23.3. The Balaban J connectivity index is 2.14. The van der Waals surface area contributed by atoms with E-state index in [9.17, 15) is 13.2 Å². The van der Waals surface area contributed by atoms with Crippen molar-refractivity contribution in [2.45, 2.75) is 24.1 Å². The van der Waals surface area contributed by atoms with Crippen LogP contribution in [0.3, 0.4) is 0 Å². The molecule has 2 nitrogen and oxygen atoms in total. The largest absolute Gasteiger partial charge is 0.437 e. The summed E-state index contributed by atoms with van der Waals surface area (Å²) >= 11 is 18.0. The lowest BCUT2D eigenvalue weighted by atomic mass is 9.86. The molecule has 0 aromatic heterocycles. The summed E-state index contributed by atoms with van der Waals surface area (Å²) in [5.74, 6) is 0. The van der Waals surface area contributed by atoms with E-state index in [2.05, 4.69) is 5.16 Å². The van der Waals surface area contributed by atoms with Crippen LogP contribution in [0.15, 0.2) is 47.6 Å². The Bertz CT molecular complexity index is 833. The van der Waals surface area contributed by atoms with Crippen molar-refractivity contribution in [3.05, 3.63) is 69.2 Å². The van der Waals surface area contributed by atoms with Crippen LogP contribution in [0.5, 0.6) is 0 Å². The molecule has 25 heavy (non-hydrogen) atoms. The fraction of sp³-hybridized carbons (Fsp3) is 0.235. The summed E-state index contributed by atoms with van der Waals surface area (Å²) in [6.07, 6.45) is -4.84. The van der Waals surface area contributed by atoms with Crippen LogP contribution in [0, 0.1) is 6.92 Å². The van der Waals surface area contributed by atoms with E-state index >= 15 is 0 Å². The molecule has 0 spiro atoms. The van der Waals surface area contributed by atoms with Gasteiger partial charge in [0.05, 0.1) is 0 Å². The van der Waals surface area contributed by atoms with Crippen LogP contribution >= 0.6 is 34.8 Å². The second kappa shape index (κ2) is 6.38. The summed E-state index contributed by atoms with van der Waals surface area (Å²) in [4.78, 5) is 4.93. The maximum Gasteiger partial charge on any atom is 0.437 e. The highest BCUT2D eigenvalue weighted by Crippen LogP contribution is 2.51. The Morgan fingerprint density at radius 2 is 1.72 bits per heavy atom. The van der Waals surface area contributed by atoms with Crippen LogP contribution in [0.2, 0.25) is 10.0 Å². The first-order valence-electron chi connectivity index (χ1n) is 7.15. The van der Waals surface area contributed by atoms with Crippen LogP contribution in [0.1, 0.15) is 16.7 Å². The van der Waals surface area contributed by atoms with E-state index in [0.29, 0.717) is 5.56 Å². The third kappa shape index (κ3) is 3.09. The van der Waals surface area contributed by atoms with Gasteiger partial charge in [-0.05, 0) is 25.1 Å². The van der Waals surface area contributed by atoms with Gasteiger partial charge in [0.1, 0.15) is 11.1 Å². The molecule has 2 aromatic carbocycles. The SMILES string of the molecule is Cc1cccc(C2=NOC(c3cc(Cl)cc(Cl)c3)(C(F)(F)F)C2Cl)c1. The standard InChI is InChI=1S/C17H11Cl3F3NO/c1-9-3-2-4-10(5-9)14-15(20)16(25-24-14,17(21,22)23)11-6-12(18)8-13(19)7-11/h2-8,15H,1H3. The number of benzene rings is 2. The minimum absolute atomic E-state index is 0.00112. The van der Waals surface area contributed by atoms with E-state index in [1.54, 1.807) is 18.2 Å². The number of alkyl halides is 4. The number of hydrogen-bond acceptors (Lipinski definition) is 2. The first-order chi connectivity index (χ1) is 11.6. The minimum Gasteiger partial charge on any atom is -0.372 e. The molecular weight excluding hydrogens is 398 g/mol. The van der Waals surface area contributed by atoms with Crippen molar-refractivity contribution in [1.82, 2.24) is 0 Å². The number of halogens is 6. The molecule has 2 unspecified atom stereocenters. The molecule has 1 aliphatic heterocycles. The van der Waals surface area contributed by atoms with E-state index < -0.39 is 17.2 Å². The summed E-state index contributed by atoms with van der Waals surface area (Å²) < 4.78 is 42.0. The van der Waals surface area contributed by atoms with Crippen molar-refractivity contribution < 1.29 is 18.0 Å². The summed E-state index contributed by atoms with van der Waals surface area (Å²) in [6.45, 7) is 1.82. The fourth-order valence-corrected chi connectivity index (χ4v) is 3.72. The molecule has 2 aromatic rings. The van der Waals surface area contributed by atoms with E-state index in [-0.39, 0.29) is 21.3 Å². The molecule has 0 amide bonds. The van der Waals surface area contributed by atoms with Crippen LogP contribution < -0.4 is 0 Å². The highest BCUT2D eigenvalue weighted by molar-refractivity contribution is 6.37. The van der Waals surface area contributed by atoms with Gasteiger partial charge in [-0.15, -0.1) is 11.6 Å². The summed E-state index contributed by atoms with van der Waals surface area (Å²) in [5.41, 5.74) is -1.86. The number of nitrogens with zero attached hydrogens (tertiary/aromatic N) is 1. The lowest BCUT2D eigenvalue weighted by molar-refractivity contribution is -0.274. The zero-order chi connectivity index (χ0) is 18.4. The zero-order valence-electron chi connectivity index (χ0n) is 12.7. The molecule has 8 heteroatoms. The lowest BCUT2D eigenvalue weighted by Gasteiger charge is -2.32. The van der Waals surface area contributed by atoms with E-state index in [1.165, 1.54) is 6.07 Å². The number of oxime groups is 1. The molecule has 0 bridgehead atoms. The van der Waals surface area contributed by atoms with Crippen LogP contribution in [0.25, 0.3) is 0 Å². The van der Waals surface area contributed by atoms with Gasteiger partial charge in [0.2, 0.25) is 0 Å². The summed E-state index contributed by atoms with van der Waals surface area (Å²) in [7, 11) is 0. The summed E-state index contributed by atoms with van der Waals surface area (Å²) in [5, 5.41) is 2.14. The molecule has 1 aliphatic rings. The number of hydrogen-bond donors (Lipinski definition) is 0. The topological polar surface area (TPSA) is 21.6 Å².